The molecule has 0 saturated carbocycles. The summed E-state index contributed by atoms with van der Waals surface area (Å²) in [6.07, 6.45) is 3.95. The molecule has 0 spiro atoms. The third kappa shape index (κ3) is 2.22. The van der Waals surface area contributed by atoms with E-state index in [1.165, 1.54) is 5.56 Å². The van der Waals surface area contributed by atoms with Gasteiger partial charge in [-0.1, -0.05) is 37.3 Å². The summed E-state index contributed by atoms with van der Waals surface area (Å²) in [7, 11) is 0. The standard InChI is InChI=1S/C13H15N3/c1-2-12-9-16(10-14)13(15-12)8-11-6-4-3-5-7-11/h3-7,12H,2,8-9H2,1H3. The quantitative estimate of drug-likeness (QED) is 0.722. The first-order valence-corrected chi connectivity index (χ1v) is 5.61. The summed E-state index contributed by atoms with van der Waals surface area (Å²) in [5, 5.41) is 9.02. The van der Waals surface area contributed by atoms with Crippen LogP contribution in [0.3, 0.4) is 0 Å². The number of hydrogen-bond acceptors (Lipinski definition) is 3. The van der Waals surface area contributed by atoms with Crippen molar-refractivity contribution in [1.29, 1.82) is 5.26 Å². The Kier molecular flexibility index (Phi) is 3.21. The highest BCUT2D eigenvalue weighted by Gasteiger charge is 2.23. The van der Waals surface area contributed by atoms with E-state index in [1.807, 2.05) is 18.2 Å². The van der Waals surface area contributed by atoms with Gasteiger partial charge in [0.05, 0.1) is 12.6 Å². The molecule has 2 rings (SSSR count). The van der Waals surface area contributed by atoms with E-state index >= 15 is 0 Å². The topological polar surface area (TPSA) is 39.4 Å². The highest BCUT2D eigenvalue weighted by molar-refractivity contribution is 5.87. The maximum absolute atomic E-state index is 9.02. The smallest absolute Gasteiger partial charge is 0.185 e. The van der Waals surface area contributed by atoms with Gasteiger partial charge >= 0.3 is 0 Å². The van der Waals surface area contributed by atoms with E-state index in [9.17, 15) is 0 Å². The lowest BCUT2D eigenvalue weighted by molar-refractivity contribution is 0.537. The van der Waals surface area contributed by atoms with Crippen LogP contribution in [0, 0.1) is 11.5 Å². The van der Waals surface area contributed by atoms with Crippen LogP contribution in [0.5, 0.6) is 0 Å². The normalized spacial score (nSPS) is 19.4. The van der Waals surface area contributed by atoms with Crippen molar-refractivity contribution in [2.45, 2.75) is 25.8 Å². The summed E-state index contributed by atoms with van der Waals surface area (Å²) >= 11 is 0. The number of aliphatic imine (C=N–C) groups is 1. The van der Waals surface area contributed by atoms with E-state index < -0.39 is 0 Å². The molecule has 1 aromatic carbocycles. The van der Waals surface area contributed by atoms with Crippen molar-refractivity contribution in [3.05, 3.63) is 35.9 Å². The Hall–Kier alpha value is -1.82. The zero-order chi connectivity index (χ0) is 11.4. The number of hydrogen-bond donors (Lipinski definition) is 0. The van der Waals surface area contributed by atoms with Crippen molar-refractivity contribution in [3.63, 3.8) is 0 Å². The van der Waals surface area contributed by atoms with Crippen molar-refractivity contribution >= 4 is 5.84 Å². The Labute approximate surface area is 96.0 Å². The van der Waals surface area contributed by atoms with Crippen LogP contribution in [0.15, 0.2) is 35.3 Å². The summed E-state index contributed by atoms with van der Waals surface area (Å²) in [6.45, 7) is 2.85. The molecule has 82 valence electrons. The number of nitriles is 1. The molecule has 0 bridgehead atoms. The average Bonchev–Trinajstić information content (AvgIpc) is 2.73. The zero-order valence-corrected chi connectivity index (χ0v) is 9.43. The molecule has 1 aliphatic heterocycles. The molecule has 16 heavy (non-hydrogen) atoms. The lowest BCUT2D eigenvalue weighted by Gasteiger charge is -2.10. The zero-order valence-electron chi connectivity index (χ0n) is 9.43. The van der Waals surface area contributed by atoms with Gasteiger partial charge in [0.15, 0.2) is 6.19 Å². The van der Waals surface area contributed by atoms with Crippen LogP contribution in [0.25, 0.3) is 0 Å². The first kappa shape index (κ1) is 10.7. The second-order valence-electron chi connectivity index (χ2n) is 3.98. The maximum atomic E-state index is 9.02. The molecule has 1 heterocycles. The van der Waals surface area contributed by atoms with E-state index in [-0.39, 0.29) is 0 Å². The first-order valence-electron chi connectivity index (χ1n) is 5.61. The Balaban J connectivity index is 2.12. The minimum Gasteiger partial charge on any atom is -0.266 e. The van der Waals surface area contributed by atoms with Crippen molar-refractivity contribution in [2.24, 2.45) is 4.99 Å². The molecule has 1 atom stereocenters. The van der Waals surface area contributed by atoms with Crippen molar-refractivity contribution in [2.75, 3.05) is 6.54 Å². The van der Waals surface area contributed by atoms with E-state index in [1.54, 1.807) is 4.90 Å². The summed E-state index contributed by atoms with van der Waals surface area (Å²) in [5.41, 5.74) is 1.21. The molecule has 1 unspecified atom stereocenters. The van der Waals surface area contributed by atoms with E-state index in [4.69, 9.17) is 5.26 Å². The van der Waals surface area contributed by atoms with Crippen LogP contribution in [-0.4, -0.2) is 23.3 Å². The summed E-state index contributed by atoms with van der Waals surface area (Å²) in [5.74, 6) is 0.903. The molecule has 0 amide bonds. The van der Waals surface area contributed by atoms with Gasteiger partial charge in [0, 0.05) is 6.42 Å². The maximum Gasteiger partial charge on any atom is 0.185 e. The van der Waals surface area contributed by atoms with Crippen LogP contribution >= 0.6 is 0 Å². The van der Waals surface area contributed by atoms with Gasteiger partial charge in [-0.25, -0.2) is 0 Å². The SMILES string of the molecule is CCC1CN(C#N)C(Cc2ccccc2)=N1. The van der Waals surface area contributed by atoms with Crippen LogP contribution in [0.1, 0.15) is 18.9 Å². The predicted molar refractivity (Wildman–Crippen MR) is 64.0 cm³/mol. The molecular weight excluding hydrogens is 198 g/mol. The molecular formula is C13H15N3. The molecule has 0 saturated heterocycles. The highest BCUT2D eigenvalue weighted by Crippen LogP contribution is 2.14. The van der Waals surface area contributed by atoms with Crippen LogP contribution < -0.4 is 0 Å². The summed E-state index contributed by atoms with van der Waals surface area (Å²) < 4.78 is 0. The van der Waals surface area contributed by atoms with Gasteiger partial charge in [-0.3, -0.25) is 9.89 Å². The van der Waals surface area contributed by atoms with Crippen LogP contribution in [0.2, 0.25) is 0 Å². The molecule has 0 aromatic heterocycles. The lowest BCUT2D eigenvalue weighted by Crippen LogP contribution is -2.25. The third-order valence-corrected chi connectivity index (χ3v) is 2.83. The van der Waals surface area contributed by atoms with Gasteiger partial charge < -0.3 is 0 Å². The van der Waals surface area contributed by atoms with Gasteiger partial charge in [0.2, 0.25) is 0 Å². The first-order chi connectivity index (χ1) is 7.83. The van der Waals surface area contributed by atoms with Crippen molar-refractivity contribution in [3.8, 4) is 6.19 Å². The molecule has 0 fully saturated rings. The molecule has 3 nitrogen and oxygen atoms in total. The molecule has 1 aromatic rings. The lowest BCUT2D eigenvalue weighted by atomic mass is 10.1. The van der Waals surface area contributed by atoms with Crippen molar-refractivity contribution < 1.29 is 0 Å². The number of rotatable bonds is 3. The molecule has 3 heteroatoms. The predicted octanol–water partition coefficient (Wildman–Crippen LogP) is 2.20. The number of amidine groups is 1. The van der Waals surface area contributed by atoms with E-state index in [2.05, 4.69) is 30.2 Å². The molecule has 0 aliphatic carbocycles. The fourth-order valence-electron chi connectivity index (χ4n) is 1.88. The van der Waals surface area contributed by atoms with E-state index in [0.717, 1.165) is 25.2 Å². The van der Waals surface area contributed by atoms with Gasteiger partial charge in [0.25, 0.3) is 0 Å². The van der Waals surface area contributed by atoms with Gasteiger partial charge in [0.1, 0.15) is 5.84 Å². The second kappa shape index (κ2) is 4.80. The number of benzene rings is 1. The van der Waals surface area contributed by atoms with Crippen molar-refractivity contribution in [1.82, 2.24) is 4.90 Å². The fourth-order valence-corrected chi connectivity index (χ4v) is 1.88. The monoisotopic (exact) mass is 213 g/mol. The highest BCUT2D eigenvalue weighted by atomic mass is 15.2. The minimum atomic E-state index is 0.290. The largest absolute Gasteiger partial charge is 0.266 e. The Morgan fingerprint density at radius 1 is 1.44 bits per heavy atom. The van der Waals surface area contributed by atoms with Crippen LogP contribution in [-0.2, 0) is 6.42 Å². The van der Waals surface area contributed by atoms with E-state index in [0.29, 0.717) is 6.04 Å². The molecule has 0 N–H and O–H groups in total. The number of nitrogens with zero attached hydrogens (tertiary/aromatic N) is 3. The fraction of sp³-hybridized carbons (Fsp3) is 0.385. The third-order valence-electron chi connectivity index (χ3n) is 2.83. The molecule has 0 radical (unpaired) electrons. The summed E-state index contributed by atoms with van der Waals surface area (Å²) in [6, 6.07) is 10.4. The van der Waals surface area contributed by atoms with Crippen LogP contribution in [0.4, 0.5) is 0 Å². The Morgan fingerprint density at radius 2 is 2.19 bits per heavy atom. The Bertz CT molecular complexity index is 417. The summed E-state index contributed by atoms with van der Waals surface area (Å²) in [4.78, 5) is 6.28. The molecule has 1 aliphatic rings. The van der Waals surface area contributed by atoms with Gasteiger partial charge in [-0.05, 0) is 12.0 Å². The van der Waals surface area contributed by atoms with Gasteiger partial charge in [-0.15, -0.1) is 0 Å². The minimum absolute atomic E-state index is 0.290. The van der Waals surface area contributed by atoms with Gasteiger partial charge in [-0.2, -0.15) is 5.26 Å². The Morgan fingerprint density at radius 3 is 2.81 bits per heavy atom. The average molecular weight is 213 g/mol. The second-order valence-corrected chi connectivity index (χ2v) is 3.98.